The first-order valence-corrected chi connectivity index (χ1v) is 6.80. The van der Waals surface area contributed by atoms with Crippen LogP contribution < -0.4 is 10.4 Å². The second kappa shape index (κ2) is 5.52. The van der Waals surface area contributed by atoms with E-state index in [2.05, 4.69) is 4.74 Å². The molecule has 0 fully saturated rings. The molecule has 0 aliphatic rings. The van der Waals surface area contributed by atoms with E-state index >= 15 is 0 Å². The van der Waals surface area contributed by atoms with Crippen LogP contribution in [0.15, 0.2) is 51.7 Å². The third-order valence-electron chi connectivity index (χ3n) is 3.44. The number of esters is 1. The summed E-state index contributed by atoms with van der Waals surface area (Å²) in [6.07, 6.45) is -0.741. The summed E-state index contributed by atoms with van der Waals surface area (Å²) in [5.74, 6) is -0.0381. The third kappa shape index (κ3) is 2.41. The molecule has 1 heterocycles. The van der Waals surface area contributed by atoms with Gasteiger partial charge in [0.1, 0.15) is 11.3 Å². The van der Waals surface area contributed by atoms with E-state index in [1.807, 2.05) is 12.1 Å². The topological polar surface area (TPSA) is 65.7 Å². The van der Waals surface area contributed by atoms with Crippen LogP contribution in [0.25, 0.3) is 21.7 Å². The van der Waals surface area contributed by atoms with Crippen LogP contribution in [0.3, 0.4) is 0 Å². The Bertz CT molecular complexity index is 910. The van der Waals surface area contributed by atoms with Crippen molar-refractivity contribution >= 4 is 27.7 Å². The van der Waals surface area contributed by atoms with Gasteiger partial charge in [-0.3, -0.25) is 0 Å². The third-order valence-corrected chi connectivity index (χ3v) is 3.44. The first-order chi connectivity index (χ1) is 10.6. The molecular formula is C17H14O5. The molecule has 1 atom stereocenters. The van der Waals surface area contributed by atoms with Crippen LogP contribution in [0.4, 0.5) is 0 Å². The van der Waals surface area contributed by atoms with Crippen LogP contribution in [-0.2, 0) is 9.53 Å². The highest BCUT2D eigenvalue weighted by Crippen LogP contribution is 2.26. The Hall–Kier alpha value is -2.82. The molecule has 5 heteroatoms. The molecule has 112 valence electrons. The van der Waals surface area contributed by atoms with Crippen LogP contribution in [0.1, 0.15) is 6.92 Å². The zero-order chi connectivity index (χ0) is 15.7. The average molecular weight is 298 g/mol. The number of hydrogen-bond donors (Lipinski definition) is 0. The van der Waals surface area contributed by atoms with Gasteiger partial charge < -0.3 is 13.9 Å². The van der Waals surface area contributed by atoms with Crippen molar-refractivity contribution in [3.05, 3.63) is 52.9 Å². The summed E-state index contributed by atoms with van der Waals surface area (Å²) >= 11 is 0. The lowest BCUT2D eigenvalue weighted by atomic mass is 10.1. The van der Waals surface area contributed by atoms with Crippen LogP contribution >= 0.6 is 0 Å². The quantitative estimate of drug-likeness (QED) is 0.422. The summed E-state index contributed by atoms with van der Waals surface area (Å²) in [6, 6.07) is 12.4. The number of methoxy groups -OCH3 is 1. The monoisotopic (exact) mass is 298 g/mol. The molecule has 0 saturated heterocycles. The number of carbonyl (C=O) groups is 1. The van der Waals surface area contributed by atoms with Gasteiger partial charge in [0.05, 0.1) is 12.5 Å². The number of hydrogen-bond acceptors (Lipinski definition) is 5. The highest BCUT2D eigenvalue weighted by atomic mass is 16.6. The molecule has 0 amide bonds. The maximum Gasteiger partial charge on any atom is 0.346 e. The zero-order valence-electron chi connectivity index (χ0n) is 12.2. The molecule has 0 aliphatic heterocycles. The van der Waals surface area contributed by atoms with E-state index in [0.717, 1.165) is 10.8 Å². The SMILES string of the molecule is COC(=O)[C@@H](C)Oc1ccc2c(c1)oc(=O)c1ccccc12. The normalized spacial score (nSPS) is 12.3. The highest BCUT2D eigenvalue weighted by molar-refractivity contribution is 6.04. The fraction of sp³-hybridized carbons (Fsp3) is 0.176. The molecule has 0 spiro atoms. The van der Waals surface area contributed by atoms with Crippen molar-refractivity contribution in [3.63, 3.8) is 0 Å². The van der Waals surface area contributed by atoms with Gasteiger partial charge in [-0.05, 0) is 30.5 Å². The van der Waals surface area contributed by atoms with Crippen molar-refractivity contribution in [2.45, 2.75) is 13.0 Å². The summed E-state index contributed by atoms with van der Waals surface area (Å²) in [7, 11) is 1.30. The van der Waals surface area contributed by atoms with E-state index in [1.165, 1.54) is 7.11 Å². The van der Waals surface area contributed by atoms with Crippen molar-refractivity contribution in [3.8, 4) is 5.75 Å². The maximum atomic E-state index is 12.0. The van der Waals surface area contributed by atoms with Crippen molar-refractivity contribution in [2.24, 2.45) is 0 Å². The van der Waals surface area contributed by atoms with E-state index in [0.29, 0.717) is 16.7 Å². The lowest BCUT2D eigenvalue weighted by Gasteiger charge is -2.12. The van der Waals surface area contributed by atoms with Crippen molar-refractivity contribution in [1.82, 2.24) is 0 Å². The van der Waals surface area contributed by atoms with Crippen molar-refractivity contribution in [2.75, 3.05) is 7.11 Å². The van der Waals surface area contributed by atoms with Gasteiger partial charge in [-0.1, -0.05) is 18.2 Å². The fourth-order valence-electron chi connectivity index (χ4n) is 2.35. The minimum absolute atomic E-state index is 0.402. The van der Waals surface area contributed by atoms with Crippen LogP contribution in [-0.4, -0.2) is 19.2 Å². The Morgan fingerprint density at radius 1 is 1.09 bits per heavy atom. The van der Waals surface area contributed by atoms with Gasteiger partial charge in [0.15, 0.2) is 6.10 Å². The van der Waals surface area contributed by atoms with Crippen molar-refractivity contribution < 1.29 is 18.7 Å². The second-order valence-corrected chi connectivity index (χ2v) is 4.88. The van der Waals surface area contributed by atoms with E-state index in [1.54, 1.807) is 37.3 Å². The molecular weight excluding hydrogens is 284 g/mol. The van der Waals surface area contributed by atoms with Gasteiger partial charge in [-0.2, -0.15) is 0 Å². The summed E-state index contributed by atoms with van der Waals surface area (Å²) < 4.78 is 15.4. The fourth-order valence-corrected chi connectivity index (χ4v) is 2.35. The Morgan fingerprint density at radius 2 is 1.82 bits per heavy atom. The van der Waals surface area contributed by atoms with E-state index in [-0.39, 0.29) is 0 Å². The Labute approximate surface area is 126 Å². The lowest BCUT2D eigenvalue weighted by molar-refractivity contribution is -0.147. The number of ether oxygens (including phenoxy) is 2. The zero-order valence-corrected chi connectivity index (χ0v) is 12.2. The predicted octanol–water partition coefficient (Wildman–Crippen LogP) is 2.89. The summed E-state index contributed by atoms with van der Waals surface area (Å²) in [5, 5.41) is 2.17. The Kier molecular flexibility index (Phi) is 3.55. The van der Waals surface area contributed by atoms with E-state index in [9.17, 15) is 9.59 Å². The van der Waals surface area contributed by atoms with Gasteiger partial charge in [0.2, 0.25) is 0 Å². The summed E-state index contributed by atoms with van der Waals surface area (Å²) in [4.78, 5) is 23.4. The van der Waals surface area contributed by atoms with Gasteiger partial charge in [0, 0.05) is 11.5 Å². The standard InChI is InChI=1S/C17H14O5/c1-10(16(18)20-2)21-11-7-8-13-12-5-3-4-6-14(12)17(19)22-15(13)9-11/h3-10H,1-2H3/t10-/m1/s1. The molecule has 0 saturated carbocycles. The largest absolute Gasteiger partial charge is 0.479 e. The lowest BCUT2D eigenvalue weighted by Crippen LogP contribution is -2.24. The summed E-state index contributed by atoms with van der Waals surface area (Å²) in [5.41, 5.74) is 0.0135. The maximum absolute atomic E-state index is 12.0. The molecule has 2 aromatic carbocycles. The van der Waals surface area contributed by atoms with Crippen molar-refractivity contribution in [1.29, 1.82) is 0 Å². The highest BCUT2D eigenvalue weighted by Gasteiger charge is 2.15. The summed E-state index contributed by atoms with van der Waals surface area (Å²) in [6.45, 7) is 1.59. The van der Waals surface area contributed by atoms with E-state index < -0.39 is 17.7 Å². The van der Waals surface area contributed by atoms with Gasteiger partial charge in [0.25, 0.3) is 0 Å². The average Bonchev–Trinajstić information content (AvgIpc) is 2.54. The molecule has 3 aromatic rings. The molecule has 0 aliphatic carbocycles. The number of rotatable bonds is 3. The molecule has 3 rings (SSSR count). The first-order valence-electron chi connectivity index (χ1n) is 6.80. The van der Waals surface area contributed by atoms with Crippen LogP contribution in [0, 0.1) is 0 Å². The molecule has 0 radical (unpaired) electrons. The van der Waals surface area contributed by atoms with E-state index in [4.69, 9.17) is 9.15 Å². The minimum atomic E-state index is -0.741. The second-order valence-electron chi connectivity index (χ2n) is 4.88. The molecule has 5 nitrogen and oxygen atoms in total. The Morgan fingerprint density at radius 3 is 2.55 bits per heavy atom. The van der Waals surface area contributed by atoms with Gasteiger partial charge in [-0.25, -0.2) is 9.59 Å². The van der Waals surface area contributed by atoms with Gasteiger partial charge in [-0.15, -0.1) is 0 Å². The van der Waals surface area contributed by atoms with Crippen LogP contribution in [0.2, 0.25) is 0 Å². The molecule has 0 N–H and O–H groups in total. The Balaban J connectivity index is 2.09. The molecule has 0 unspecified atom stereocenters. The molecule has 0 bridgehead atoms. The van der Waals surface area contributed by atoms with Gasteiger partial charge >= 0.3 is 11.6 Å². The number of fused-ring (bicyclic) bond motifs is 3. The first kappa shape index (κ1) is 14.1. The minimum Gasteiger partial charge on any atom is -0.479 e. The smallest absolute Gasteiger partial charge is 0.346 e. The number of benzene rings is 2. The molecule has 22 heavy (non-hydrogen) atoms. The van der Waals surface area contributed by atoms with Crippen LogP contribution in [0.5, 0.6) is 5.75 Å². The predicted molar refractivity (Wildman–Crippen MR) is 82.1 cm³/mol. The number of carbonyl (C=O) groups excluding carboxylic acids is 1. The molecule has 1 aromatic heterocycles.